The molecule has 1 aromatic heterocycles. The number of benzene rings is 1. The van der Waals surface area contributed by atoms with Crippen molar-refractivity contribution in [3.05, 3.63) is 49.2 Å². The Kier molecular flexibility index (Phi) is 3.14. The quantitative estimate of drug-likeness (QED) is 0.801. The molecule has 1 unspecified atom stereocenters. The molecule has 0 fully saturated rings. The Bertz CT molecular complexity index is 615. The van der Waals surface area contributed by atoms with Crippen molar-refractivity contribution in [2.45, 2.75) is 6.17 Å². The van der Waals surface area contributed by atoms with Crippen LogP contribution < -0.4 is 5.32 Å². The molecule has 0 saturated heterocycles. The number of fused-ring (bicyclic) bond motifs is 1. The van der Waals surface area contributed by atoms with E-state index in [1.54, 1.807) is 18.3 Å². The molecule has 1 atom stereocenters. The number of nitrogens with zero attached hydrogens (tertiary/aromatic N) is 1. The first kappa shape index (κ1) is 11.9. The third-order valence-corrected chi connectivity index (χ3v) is 2.61. The number of carbonyl (C=O) groups excluding carboxylic acids is 1. The number of carboxylic acid groups (broad SMARTS) is 1. The average Bonchev–Trinajstić information content (AvgIpc) is 2.79. The molecule has 0 spiro atoms. The van der Waals surface area contributed by atoms with Crippen LogP contribution in [0.1, 0.15) is 6.17 Å². The molecule has 0 radical (unpaired) electrons. The van der Waals surface area contributed by atoms with Gasteiger partial charge in [0, 0.05) is 6.20 Å². The van der Waals surface area contributed by atoms with Crippen molar-refractivity contribution in [3.8, 4) is 0 Å². The van der Waals surface area contributed by atoms with Crippen molar-refractivity contribution in [2.75, 3.05) is 0 Å². The van der Waals surface area contributed by atoms with Crippen molar-refractivity contribution in [3.63, 3.8) is 0 Å². The number of aromatic nitrogens is 1. The van der Waals surface area contributed by atoms with Gasteiger partial charge in [-0.15, -0.1) is 0 Å². The van der Waals surface area contributed by atoms with Crippen LogP contribution in [0, 0.1) is 0 Å². The molecular weight excluding hydrogens is 232 g/mol. The van der Waals surface area contributed by atoms with Crippen LogP contribution in [-0.4, -0.2) is 21.6 Å². The molecule has 0 aliphatic rings. The summed E-state index contributed by atoms with van der Waals surface area (Å²) in [7, 11) is 0. The fourth-order valence-corrected chi connectivity index (χ4v) is 1.77. The molecule has 0 aliphatic carbocycles. The van der Waals surface area contributed by atoms with Crippen LogP contribution in [0.3, 0.4) is 0 Å². The van der Waals surface area contributed by atoms with Gasteiger partial charge >= 0.3 is 5.97 Å². The summed E-state index contributed by atoms with van der Waals surface area (Å²) in [5, 5.41) is 12.5. The number of nitrogens with one attached hydrogen (secondary N) is 1. The lowest BCUT2D eigenvalue weighted by Crippen LogP contribution is -2.36. The highest BCUT2D eigenvalue weighted by atomic mass is 16.4. The Labute approximate surface area is 103 Å². The maximum atomic E-state index is 11.3. The molecule has 1 amide bonds. The average molecular weight is 244 g/mol. The van der Waals surface area contributed by atoms with Gasteiger partial charge in [0.25, 0.3) is 0 Å². The maximum absolute atomic E-state index is 11.3. The molecule has 2 rings (SSSR count). The molecule has 1 aromatic carbocycles. The second-order valence-electron chi connectivity index (χ2n) is 3.74. The minimum Gasteiger partial charge on any atom is -0.478 e. The van der Waals surface area contributed by atoms with Crippen molar-refractivity contribution in [1.82, 2.24) is 9.88 Å². The Morgan fingerprint density at radius 3 is 2.72 bits per heavy atom. The number of hydrogen-bond donors (Lipinski definition) is 2. The highest BCUT2D eigenvalue weighted by molar-refractivity contribution is 5.91. The summed E-state index contributed by atoms with van der Waals surface area (Å²) in [4.78, 5) is 22.5. The number of hydrogen-bond acceptors (Lipinski definition) is 2. The summed E-state index contributed by atoms with van der Waals surface area (Å²) >= 11 is 0. The molecule has 5 nitrogen and oxygen atoms in total. The monoisotopic (exact) mass is 244 g/mol. The van der Waals surface area contributed by atoms with Gasteiger partial charge in [-0.25, -0.2) is 4.79 Å². The molecule has 92 valence electrons. The fraction of sp³-hybridized carbons (Fsp3) is 0.0769. The number of carboxylic acids is 1. The van der Waals surface area contributed by atoms with E-state index in [2.05, 4.69) is 11.9 Å². The first-order chi connectivity index (χ1) is 8.63. The van der Waals surface area contributed by atoms with E-state index in [1.807, 2.05) is 18.2 Å². The van der Waals surface area contributed by atoms with Crippen LogP contribution in [0.4, 0.5) is 0 Å². The molecule has 2 aromatic rings. The van der Waals surface area contributed by atoms with Crippen molar-refractivity contribution in [1.29, 1.82) is 0 Å². The van der Waals surface area contributed by atoms with Gasteiger partial charge in [-0.2, -0.15) is 0 Å². The summed E-state index contributed by atoms with van der Waals surface area (Å²) in [5.74, 6) is -1.66. The first-order valence-electron chi connectivity index (χ1n) is 5.35. The molecule has 2 N–H and O–H groups in total. The van der Waals surface area contributed by atoms with Gasteiger partial charge in [-0.1, -0.05) is 24.8 Å². The summed E-state index contributed by atoms with van der Waals surface area (Å²) < 4.78 is 1.50. The molecule has 0 bridgehead atoms. The number of carbonyl (C=O) groups is 2. The van der Waals surface area contributed by atoms with Gasteiger partial charge in [0.15, 0.2) is 0 Å². The fourth-order valence-electron chi connectivity index (χ4n) is 1.77. The lowest BCUT2D eigenvalue weighted by Gasteiger charge is -2.16. The normalized spacial score (nSPS) is 12.0. The van der Waals surface area contributed by atoms with Crippen LogP contribution in [0.15, 0.2) is 49.2 Å². The highest BCUT2D eigenvalue weighted by Crippen LogP contribution is 2.18. The number of aliphatic carboxylic acids is 1. The second-order valence-corrected chi connectivity index (χ2v) is 3.74. The van der Waals surface area contributed by atoms with Crippen LogP contribution in [0.2, 0.25) is 0 Å². The van der Waals surface area contributed by atoms with Gasteiger partial charge in [-0.3, -0.25) is 4.79 Å². The van der Waals surface area contributed by atoms with Gasteiger partial charge in [0.05, 0.1) is 5.52 Å². The van der Waals surface area contributed by atoms with E-state index in [-0.39, 0.29) is 0 Å². The van der Waals surface area contributed by atoms with Gasteiger partial charge in [0.1, 0.15) is 0 Å². The van der Waals surface area contributed by atoms with E-state index < -0.39 is 18.0 Å². The SMILES string of the molecule is C=CC(=O)NC(C(=O)O)n1ccc2ccccc21. The molecule has 5 heteroatoms. The zero-order chi connectivity index (χ0) is 13.1. The predicted octanol–water partition coefficient (Wildman–Crippen LogP) is 1.53. The van der Waals surface area contributed by atoms with E-state index in [0.29, 0.717) is 0 Å². The smallest absolute Gasteiger partial charge is 0.347 e. The summed E-state index contributed by atoms with van der Waals surface area (Å²) in [6.45, 7) is 3.30. The molecule has 1 heterocycles. The second kappa shape index (κ2) is 4.75. The largest absolute Gasteiger partial charge is 0.478 e. The number of rotatable bonds is 4. The van der Waals surface area contributed by atoms with Gasteiger partial charge in [0.2, 0.25) is 12.1 Å². The van der Waals surface area contributed by atoms with Gasteiger partial charge in [-0.05, 0) is 23.6 Å². The van der Waals surface area contributed by atoms with Crippen LogP contribution in [0.25, 0.3) is 10.9 Å². The predicted molar refractivity (Wildman–Crippen MR) is 67.0 cm³/mol. The van der Waals surface area contributed by atoms with Crippen LogP contribution in [0.5, 0.6) is 0 Å². The minimum absolute atomic E-state index is 0.528. The van der Waals surface area contributed by atoms with E-state index in [0.717, 1.165) is 17.0 Å². The van der Waals surface area contributed by atoms with Gasteiger partial charge < -0.3 is 15.0 Å². The van der Waals surface area contributed by atoms with Crippen molar-refractivity contribution in [2.24, 2.45) is 0 Å². The standard InChI is InChI=1S/C13H12N2O3/c1-2-11(16)14-12(13(17)18)15-8-7-9-5-3-4-6-10(9)15/h2-8,12H,1H2,(H,14,16)(H,17,18). The zero-order valence-corrected chi connectivity index (χ0v) is 9.54. The summed E-state index contributed by atoms with van der Waals surface area (Å²) in [5.41, 5.74) is 0.745. The molecule has 18 heavy (non-hydrogen) atoms. The van der Waals surface area contributed by atoms with Crippen molar-refractivity contribution < 1.29 is 14.7 Å². The highest BCUT2D eigenvalue weighted by Gasteiger charge is 2.21. The Hall–Kier alpha value is -2.56. The third-order valence-electron chi connectivity index (χ3n) is 2.61. The summed E-state index contributed by atoms with van der Waals surface area (Å²) in [6, 6.07) is 9.15. The van der Waals surface area contributed by atoms with Crippen LogP contribution >= 0.6 is 0 Å². The first-order valence-corrected chi connectivity index (χ1v) is 5.35. The summed E-state index contributed by atoms with van der Waals surface area (Å²) in [6.07, 6.45) is 1.53. The number of para-hydroxylation sites is 1. The Morgan fingerprint density at radius 2 is 2.06 bits per heavy atom. The minimum atomic E-state index is -1.14. The third kappa shape index (κ3) is 2.10. The Morgan fingerprint density at radius 1 is 1.33 bits per heavy atom. The number of amides is 1. The van der Waals surface area contributed by atoms with E-state index in [9.17, 15) is 14.7 Å². The van der Waals surface area contributed by atoms with E-state index in [1.165, 1.54) is 4.57 Å². The molecule has 0 saturated carbocycles. The Balaban J connectivity index is 2.45. The maximum Gasteiger partial charge on any atom is 0.347 e. The lowest BCUT2D eigenvalue weighted by atomic mass is 10.2. The van der Waals surface area contributed by atoms with E-state index in [4.69, 9.17) is 0 Å². The van der Waals surface area contributed by atoms with Crippen molar-refractivity contribution >= 4 is 22.8 Å². The van der Waals surface area contributed by atoms with E-state index >= 15 is 0 Å². The topological polar surface area (TPSA) is 71.3 Å². The molecular formula is C13H12N2O3. The van der Waals surface area contributed by atoms with Crippen LogP contribution in [-0.2, 0) is 9.59 Å². The molecule has 0 aliphatic heterocycles. The zero-order valence-electron chi connectivity index (χ0n) is 9.54. The lowest BCUT2D eigenvalue weighted by molar-refractivity contribution is -0.143.